The smallest absolute Gasteiger partial charge is 0.313 e. The second-order valence-corrected chi connectivity index (χ2v) is 9.89. The van der Waals surface area contributed by atoms with Gasteiger partial charge in [0, 0.05) is 17.6 Å². The van der Waals surface area contributed by atoms with Crippen molar-refractivity contribution in [1.82, 2.24) is 5.32 Å². The molecule has 182 valence electrons. The van der Waals surface area contributed by atoms with Gasteiger partial charge in [0.05, 0.1) is 5.41 Å². The summed E-state index contributed by atoms with van der Waals surface area (Å²) in [4.78, 5) is 37.7. The Labute approximate surface area is 201 Å². The summed E-state index contributed by atoms with van der Waals surface area (Å²) in [5, 5.41) is 5.63. The number of hydrogen-bond acceptors (Lipinski definition) is 5. The Hall–Kier alpha value is -3.35. The summed E-state index contributed by atoms with van der Waals surface area (Å²) in [6.07, 6.45) is 2.99. The Balaban J connectivity index is 1.47. The van der Waals surface area contributed by atoms with Crippen LogP contribution in [0.4, 0.5) is 5.69 Å². The normalized spacial score (nSPS) is 14.8. The molecule has 0 heterocycles. The van der Waals surface area contributed by atoms with E-state index in [0.717, 1.165) is 18.4 Å². The molecule has 7 heteroatoms. The fourth-order valence-corrected chi connectivity index (χ4v) is 4.13. The van der Waals surface area contributed by atoms with Crippen LogP contribution in [0, 0.1) is 5.41 Å². The molecule has 0 spiro atoms. The number of amides is 2. The zero-order chi connectivity index (χ0) is 24.6. The fraction of sp³-hybridized carbons (Fsp3) is 0.444. The predicted molar refractivity (Wildman–Crippen MR) is 130 cm³/mol. The van der Waals surface area contributed by atoms with E-state index >= 15 is 0 Å². The lowest BCUT2D eigenvalue weighted by Gasteiger charge is -2.28. The SMILES string of the molecule is CC(C)(C)NC(=O)CC1(C(=O)OCC(=O)Nc2ccc(OCc3ccccc3)cc2)CCCC1. The Bertz CT molecular complexity index is 974. The number of rotatable bonds is 9. The van der Waals surface area contributed by atoms with Crippen LogP contribution < -0.4 is 15.4 Å². The lowest BCUT2D eigenvalue weighted by atomic mass is 9.82. The molecule has 34 heavy (non-hydrogen) atoms. The van der Waals surface area contributed by atoms with Gasteiger partial charge < -0.3 is 20.1 Å². The third kappa shape index (κ3) is 7.61. The summed E-state index contributed by atoms with van der Waals surface area (Å²) in [6, 6.07) is 16.8. The van der Waals surface area contributed by atoms with Crippen molar-refractivity contribution in [2.24, 2.45) is 5.41 Å². The molecule has 1 aliphatic carbocycles. The summed E-state index contributed by atoms with van der Waals surface area (Å²) in [7, 11) is 0. The second kappa shape index (κ2) is 11.2. The van der Waals surface area contributed by atoms with E-state index < -0.39 is 23.9 Å². The van der Waals surface area contributed by atoms with Crippen LogP contribution in [0.1, 0.15) is 58.4 Å². The summed E-state index contributed by atoms with van der Waals surface area (Å²) < 4.78 is 11.1. The molecule has 1 aliphatic rings. The minimum absolute atomic E-state index is 0.0785. The highest BCUT2D eigenvalue weighted by molar-refractivity contribution is 5.94. The first-order valence-corrected chi connectivity index (χ1v) is 11.7. The van der Waals surface area contributed by atoms with Crippen LogP contribution in [-0.4, -0.2) is 29.9 Å². The van der Waals surface area contributed by atoms with Crippen molar-refractivity contribution in [1.29, 1.82) is 0 Å². The van der Waals surface area contributed by atoms with Crippen molar-refractivity contribution in [3.63, 3.8) is 0 Å². The van der Waals surface area contributed by atoms with Gasteiger partial charge in [0.2, 0.25) is 5.91 Å². The quantitative estimate of drug-likeness (QED) is 0.526. The van der Waals surface area contributed by atoms with Gasteiger partial charge in [-0.25, -0.2) is 0 Å². The van der Waals surface area contributed by atoms with Gasteiger partial charge >= 0.3 is 5.97 Å². The molecule has 0 bridgehead atoms. The van der Waals surface area contributed by atoms with Gasteiger partial charge in [-0.3, -0.25) is 14.4 Å². The topological polar surface area (TPSA) is 93.7 Å². The first kappa shape index (κ1) is 25.3. The van der Waals surface area contributed by atoms with E-state index in [9.17, 15) is 14.4 Å². The molecule has 0 saturated heterocycles. The van der Waals surface area contributed by atoms with Crippen LogP contribution >= 0.6 is 0 Å². The van der Waals surface area contributed by atoms with E-state index in [1.165, 1.54) is 0 Å². The van der Waals surface area contributed by atoms with E-state index in [4.69, 9.17) is 9.47 Å². The van der Waals surface area contributed by atoms with Crippen LogP contribution in [0.5, 0.6) is 5.75 Å². The lowest BCUT2D eigenvalue weighted by Crippen LogP contribution is -2.44. The van der Waals surface area contributed by atoms with Gasteiger partial charge in [0.25, 0.3) is 5.91 Å². The number of benzene rings is 2. The van der Waals surface area contributed by atoms with Gasteiger partial charge in [-0.2, -0.15) is 0 Å². The molecular formula is C27H34N2O5. The molecule has 2 amide bonds. The molecule has 7 nitrogen and oxygen atoms in total. The average Bonchev–Trinajstić information content (AvgIpc) is 3.26. The molecule has 1 fully saturated rings. The highest BCUT2D eigenvalue weighted by Crippen LogP contribution is 2.42. The summed E-state index contributed by atoms with van der Waals surface area (Å²) in [6.45, 7) is 5.76. The van der Waals surface area contributed by atoms with Crippen LogP contribution in [0.25, 0.3) is 0 Å². The van der Waals surface area contributed by atoms with E-state index in [1.807, 2.05) is 51.1 Å². The lowest BCUT2D eigenvalue weighted by molar-refractivity contribution is -0.160. The van der Waals surface area contributed by atoms with Crippen molar-refractivity contribution in [3.05, 3.63) is 60.2 Å². The fourth-order valence-electron chi connectivity index (χ4n) is 4.13. The number of nitrogens with one attached hydrogen (secondary N) is 2. The zero-order valence-corrected chi connectivity index (χ0v) is 20.2. The molecule has 0 unspecified atom stereocenters. The molecule has 2 aromatic carbocycles. The molecule has 1 saturated carbocycles. The highest BCUT2D eigenvalue weighted by Gasteiger charge is 2.44. The highest BCUT2D eigenvalue weighted by atomic mass is 16.5. The summed E-state index contributed by atoms with van der Waals surface area (Å²) >= 11 is 0. The molecule has 2 N–H and O–H groups in total. The predicted octanol–water partition coefficient (Wildman–Crippen LogP) is 4.61. The number of carbonyl (C=O) groups is 3. The van der Waals surface area contributed by atoms with Gasteiger partial charge in [-0.1, -0.05) is 43.2 Å². The third-order valence-corrected chi connectivity index (χ3v) is 5.73. The largest absolute Gasteiger partial charge is 0.489 e. The number of esters is 1. The van der Waals surface area contributed by atoms with Crippen LogP contribution in [-0.2, 0) is 25.7 Å². The molecule has 3 rings (SSSR count). The molecular weight excluding hydrogens is 432 g/mol. The number of hydrogen-bond donors (Lipinski definition) is 2. The third-order valence-electron chi connectivity index (χ3n) is 5.73. The summed E-state index contributed by atoms with van der Waals surface area (Å²) in [5.74, 6) is -0.400. The first-order chi connectivity index (χ1) is 16.2. The number of ether oxygens (including phenoxy) is 2. The summed E-state index contributed by atoms with van der Waals surface area (Å²) in [5.41, 5.74) is 0.418. The maximum absolute atomic E-state index is 12.9. The van der Waals surface area contributed by atoms with Crippen molar-refractivity contribution in [2.45, 2.75) is 65.0 Å². The van der Waals surface area contributed by atoms with Gasteiger partial charge in [0.1, 0.15) is 12.4 Å². The van der Waals surface area contributed by atoms with Crippen LogP contribution in [0.15, 0.2) is 54.6 Å². The minimum atomic E-state index is -0.854. The molecule has 0 aliphatic heterocycles. The van der Waals surface area contributed by atoms with E-state index in [1.54, 1.807) is 24.3 Å². The first-order valence-electron chi connectivity index (χ1n) is 11.7. The average molecular weight is 467 g/mol. The molecule has 0 atom stereocenters. The Morgan fingerprint density at radius 1 is 0.912 bits per heavy atom. The van der Waals surface area contributed by atoms with E-state index in [-0.39, 0.29) is 17.9 Å². The minimum Gasteiger partial charge on any atom is -0.489 e. The number of carbonyl (C=O) groups excluding carboxylic acids is 3. The van der Waals surface area contributed by atoms with Crippen molar-refractivity contribution in [2.75, 3.05) is 11.9 Å². The zero-order valence-electron chi connectivity index (χ0n) is 20.2. The molecule has 2 aromatic rings. The standard InChI is InChI=1S/C27H34N2O5/c1-26(2,3)29-23(30)17-27(15-7-8-16-27)25(32)34-19-24(31)28-21-11-13-22(14-12-21)33-18-20-9-5-4-6-10-20/h4-6,9-14H,7-8,15-19H2,1-3H3,(H,28,31)(H,29,30). The Morgan fingerprint density at radius 3 is 2.18 bits per heavy atom. The van der Waals surface area contributed by atoms with Crippen molar-refractivity contribution >= 4 is 23.5 Å². The van der Waals surface area contributed by atoms with Gasteiger partial charge in [0.15, 0.2) is 6.61 Å². The van der Waals surface area contributed by atoms with Crippen molar-refractivity contribution < 1.29 is 23.9 Å². The maximum Gasteiger partial charge on any atom is 0.313 e. The Morgan fingerprint density at radius 2 is 1.56 bits per heavy atom. The van der Waals surface area contributed by atoms with Crippen molar-refractivity contribution in [3.8, 4) is 5.75 Å². The van der Waals surface area contributed by atoms with Gasteiger partial charge in [-0.15, -0.1) is 0 Å². The monoisotopic (exact) mass is 466 g/mol. The van der Waals surface area contributed by atoms with E-state index in [0.29, 0.717) is 30.9 Å². The molecule has 0 aromatic heterocycles. The molecule has 0 radical (unpaired) electrons. The van der Waals surface area contributed by atoms with Gasteiger partial charge in [-0.05, 0) is 63.4 Å². The van der Waals surface area contributed by atoms with Crippen LogP contribution in [0.2, 0.25) is 0 Å². The van der Waals surface area contributed by atoms with E-state index in [2.05, 4.69) is 10.6 Å². The number of anilines is 1. The van der Waals surface area contributed by atoms with Crippen LogP contribution in [0.3, 0.4) is 0 Å². The second-order valence-electron chi connectivity index (χ2n) is 9.89. The Kier molecular flexibility index (Phi) is 8.31. The maximum atomic E-state index is 12.9.